The zero-order chi connectivity index (χ0) is 29.5. The standard InChI is InChI=1S/C32H41N3O5S/c1-4-5-18-32(35-29(38)39,27(36)28(37)33-23(3)24-10-7-6-8-11-24)20-31(16-9-17-31)21-40-30-34-26(19-41-30)25-14-12-22(2)13-15-25/h6-8,10-15,19,23,27,35-36H,4-5,9,16-18,20-21H2,1-3H3,(H,33,37)(H,38,39)/t23-,27?,32?/m1/s1. The number of rotatable bonds is 14. The lowest BCUT2D eigenvalue weighted by Crippen LogP contribution is -2.64. The number of aliphatic hydroxyl groups excluding tert-OH is 1. The summed E-state index contributed by atoms with van der Waals surface area (Å²) in [7, 11) is 0. The van der Waals surface area contributed by atoms with E-state index < -0.39 is 29.1 Å². The molecule has 2 unspecified atom stereocenters. The number of nitrogens with zero attached hydrogens (tertiary/aromatic N) is 1. The van der Waals surface area contributed by atoms with Crippen LogP contribution in [0.5, 0.6) is 5.19 Å². The number of thiazole rings is 1. The van der Waals surface area contributed by atoms with Crippen molar-refractivity contribution in [1.29, 1.82) is 0 Å². The Hall–Kier alpha value is -3.43. The summed E-state index contributed by atoms with van der Waals surface area (Å²) in [5.41, 5.74) is 2.19. The van der Waals surface area contributed by atoms with Crippen LogP contribution in [-0.4, -0.2) is 45.4 Å². The summed E-state index contributed by atoms with van der Waals surface area (Å²) in [6.45, 7) is 6.23. The molecule has 2 aromatic carbocycles. The Kier molecular flexibility index (Phi) is 10.0. The highest BCUT2D eigenvalue weighted by Gasteiger charge is 2.51. The molecule has 220 valence electrons. The van der Waals surface area contributed by atoms with Crippen LogP contribution in [0.1, 0.15) is 76.0 Å². The van der Waals surface area contributed by atoms with Crippen LogP contribution in [0.2, 0.25) is 0 Å². The number of aryl methyl sites for hydroxylation is 1. The third-order valence-electron chi connectivity index (χ3n) is 8.20. The largest absolute Gasteiger partial charge is 0.469 e. The van der Waals surface area contributed by atoms with E-state index in [1.165, 1.54) is 16.9 Å². The van der Waals surface area contributed by atoms with E-state index in [0.29, 0.717) is 24.6 Å². The predicted molar refractivity (Wildman–Crippen MR) is 161 cm³/mol. The maximum Gasteiger partial charge on any atom is 0.405 e. The first-order chi connectivity index (χ1) is 19.7. The Morgan fingerprint density at radius 2 is 1.85 bits per heavy atom. The van der Waals surface area contributed by atoms with Gasteiger partial charge in [-0.2, -0.15) is 0 Å². The molecular weight excluding hydrogens is 538 g/mol. The summed E-state index contributed by atoms with van der Waals surface area (Å²) in [6.07, 6.45) is 1.84. The van der Waals surface area contributed by atoms with Gasteiger partial charge >= 0.3 is 6.09 Å². The summed E-state index contributed by atoms with van der Waals surface area (Å²) < 4.78 is 6.21. The van der Waals surface area contributed by atoms with Gasteiger partial charge in [-0.1, -0.05) is 97.7 Å². The average molecular weight is 580 g/mol. The van der Waals surface area contributed by atoms with Gasteiger partial charge in [-0.3, -0.25) is 4.79 Å². The number of hydrogen-bond donors (Lipinski definition) is 4. The first-order valence-corrected chi connectivity index (χ1v) is 15.2. The second-order valence-corrected chi connectivity index (χ2v) is 12.2. The van der Waals surface area contributed by atoms with E-state index in [-0.39, 0.29) is 12.5 Å². The molecule has 1 aliphatic rings. The second-order valence-electron chi connectivity index (χ2n) is 11.4. The van der Waals surface area contributed by atoms with Gasteiger partial charge in [0, 0.05) is 16.4 Å². The lowest BCUT2D eigenvalue weighted by Gasteiger charge is -2.49. The Morgan fingerprint density at radius 1 is 1.15 bits per heavy atom. The summed E-state index contributed by atoms with van der Waals surface area (Å²) in [4.78, 5) is 30.2. The molecule has 9 heteroatoms. The normalized spacial score (nSPS) is 17.0. The van der Waals surface area contributed by atoms with Crippen LogP contribution in [0.4, 0.5) is 4.79 Å². The molecule has 41 heavy (non-hydrogen) atoms. The van der Waals surface area contributed by atoms with Crippen molar-refractivity contribution in [2.24, 2.45) is 5.41 Å². The third kappa shape index (κ3) is 7.65. The lowest BCUT2D eigenvalue weighted by molar-refractivity contribution is -0.137. The molecule has 2 amide bonds. The van der Waals surface area contributed by atoms with Crippen LogP contribution in [0, 0.1) is 12.3 Å². The van der Waals surface area contributed by atoms with Crippen molar-refractivity contribution in [2.75, 3.05) is 6.61 Å². The van der Waals surface area contributed by atoms with Gasteiger partial charge < -0.3 is 25.6 Å². The molecule has 4 N–H and O–H groups in total. The van der Waals surface area contributed by atoms with Crippen molar-refractivity contribution < 1.29 is 24.5 Å². The van der Waals surface area contributed by atoms with Crippen molar-refractivity contribution in [3.63, 3.8) is 0 Å². The van der Waals surface area contributed by atoms with E-state index >= 15 is 0 Å². The number of amides is 2. The van der Waals surface area contributed by atoms with Crippen LogP contribution < -0.4 is 15.4 Å². The van der Waals surface area contributed by atoms with Crippen LogP contribution >= 0.6 is 11.3 Å². The number of ether oxygens (including phenoxy) is 1. The number of aliphatic hydroxyl groups is 1. The zero-order valence-electron chi connectivity index (χ0n) is 24.1. The van der Waals surface area contributed by atoms with Gasteiger partial charge in [0.05, 0.1) is 23.9 Å². The van der Waals surface area contributed by atoms with E-state index in [0.717, 1.165) is 42.5 Å². The molecule has 8 nitrogen and oxygen atoms in total. The Balaban J connectivity index is 1.52. The highest BCUT2D eigenvalue weighted by Crippen LogP contribution is 2.49. The molecule has 0 spiro atoms. The SMILES string of the molecule is CCCCC(CC1(COc2nc(-c3ccc(C)cc3)cs2)CCC1)(NC(=O)O)C(O)C(=O)N[C@H](C)c1ccccc1. The minimum absolute atomic E-state index is 0.288. The Labute approximate surface area is 246 Å². The van der Waals surface area contributed by atoms with Gasteiger partial charge in [0.2, 0.25) is 0 Å². The van der Waals surface area contributed by atoms with Crippen molar-refractivity contribution in [3.8, 4) is 16.5 Å². The monoisotopic (exact) mass is 579 g/mol. The Bertz CT molecular complexity index is 1290. The molecule has 1 aromatic heterocycles. The molecule has 3 atom stereocenters. The minimum atomic E-state index is -1.57. The fourth-order valence-corrected chi connectivity index (χ4v) is 6.36. The zero-order valence-corrected chi connectivity index (χ0v) is 24.9. The molecule has 3 aromatic rings. The molecule has 0 radical (unpaired) electrons. The number of nitrogens with one attached hydrogen (secondary N) is 2. The third-order valence-corrected chi connectivity index (χ3v) is 8.95. The number of carbonyl (C=O) groups is 2. The van der Waals surface area contributed by atoms with E-state index in [2.05, 4.69) is 15.6 Å². The number of unbranched alkanes of at least 4 members (excludes halogenated alkanes) is 1. The number of carboxylic acid groups (broad SMARTS) is 1. The van der Waals surface area contributed by atoms with Crippen LogP contribution in [0.3, 0.4) is 0 Å². The van der Waals surface area contributed by atoms with Gasteiger partial charge in [0.15, 0.2) is 6.10 Å². The summed E-state index contributed by atoms with van der Waals surface area (Å²) in [5.74, 6) is -0.593. The fourth-order valence-electron chi connectivity index (χ4n) is 5.68. The number of hydrogen-bond acceptors (Lipinski definition) is 6. The van der Waals surface area contributed by atoms with Crippen LogP contribution in [-0.2, 0) is 4.79 Å². The molecule has 0 saturated heterocycles. The topological polar surface area (TPSA) is 121 Å². The van der Waals surface area contributed by atoms with Crippen LogP contribution in [0.15, 0.2) is 60.0 Å². The lowest BCUT2D eigenvalue weighted by atomic mass is 9.61. The van der Waals surface area contributed by atoms with E-state index in [1.807, 2.05) is 80.7 Å². The van der Waals surface area contributed by atoms with Gasteiger partial charge in [-0.15, -0.1) is 0 Å². The van der Waals surface area contributed by atoms with Crippen molar-refractivity contribution in [1.82, 2.24) is 15.6 Å². The fraction of sp³-hybridized carbons (Fsp3) is 0.469. The molecule has 1 saturated carbocycles. The van der Waals surface area contributed by atoms with Gasteiger partial charge in [-0.05, 0) is 45.1 Å². The highest BCUT2D eigenvalue weighted by atomic mass is 32.1. The van der Waals surface area contributed by atoms with Gasteiger partial charge in [-0.25, -0.2) is 9.78 Å². The minimum Gasteiger partial charge on any atom is -0.469 e. The molecule has 1 aliphatic carbocycles. The summed E-state index contributed by atoms with van der Waals surface area (Å²) >= 11 is 1.43. The van der Waals surface area contributed by atoms with Gasteiger partial charge in [0.25, 0.3) is 11.1 Å². The highest BCUT2D eigenvalue weighted by molar-refractivity contribution is 7.11. The van der Waals surface area contributed by atoms with E-state index in [9.17, 15) is 19.8 Å². The van der Waals surface area contributed by atoms with E-state index in [1.54, 1.807) is 0 Å². The number of benzene rings is 2. The van der Waals surface area contributed by atoms with Crippen molar-refractivity contribution in [3.05, 3.63) is 71.1 Å². The molecule has 0 aliphatic heterocycles. The average Bonchev–Trinajstić information content (AvgIpc) is 3.42. The molecule has 4 rings (SSSR count). The summed E-state index contributed by atoms with van der Waals surface area (Å²) in [5, 5.41) is 29.4. The predicted octanol–water partition coefficient (Wildman–Crippen LogP) is 6.49. The summed E-state index contributed by atoms with van der Waals surface area (Å²) in [6, 6.07) is 17.3. The maximum absolute atomic E-state index is 13.4. The smallest absolute Gasteiger partial charge is 0.405 e. The first-order valence-electron chi connectivity index (χ1n) is 14.4. The number of aromatic nitrogens is 1. The molecular formula is C32H41N3O5S. The molecule has 1 heterocycles. The first kappa shape index (κ1) is 30.5. The maximum atomic E-state index is 13.4. The van der Waals surface area contributed by atoms with Crippen LogP contribution in [0.25, 0.3) is 11.3 Å². The molecule has 1 fully saturated rings. The molecule has 0 bridgehead atoms. The van der Waals surface area contributed by atoms with E-state index in [4.69, 9.17) is 4.74 Å². The Morgan fingerprint density at radius 3 is 2.46 bits per heavy atom. The van der Waals surface area contributed by atoms with Crippen molar-refractivity contribution >= 4 is 23.3 Å². The second kappa shape index (κ2) is 13.5. The van der Waals surface area contributed by atoms with Crippen molar-refractivity contribution in [2.45, 2.75) is 83.4 Å². The van der Waals surface area contributed by atoms with Gasteiger partial charge in [0.1, 0.15) is 0 Å². The number of carbonyl (C=O) groups excluding carboxylic acids is 1. The quantitative estimate of drug-likeness (QED) is 0.173.